The number of pyridine rings is 1. The zero-order valence-corrected chi connectivity index (χ0v) is 11.5. The fourth-order valence-corrected chi connectivity index (χ4v) is 2.12. The lowest BCUT2D eigenvalue weighted by Crippen LogP contribution is -2.20. The van der Waals surface area contributed by atoms with Crippen LogP contribution in [0.4, 0.5) is 5.82 Å². The van der Waals surface area contributed by atoms with Crippen LogP contribution in [0.1, 0.15) is 24.8 Å². The molecule has 3 nitrogen and oxygen atoms in total. The lowest BCUT2D eigenvalue weighted by atomic mass is 10.2. The molecule has 1 aromatic heterocycles. The average molecular weight is 287 g/mol. The summed E-state index contributed by atoms with van der Waals surface area (Å²) in [6.07, 6.45) is 4.87. The molecule has 1 N–H and O–H groups in total. The summed E-state index contributed by atoms with van der Waals surface area (Å²) in [6, 6.07) is 2.08. The molecule has 0 saturated carbocycles. The molecule has 90 valence electrons. The molecule has 0 saturated heterocycles. The van der Waals surface area contributed by atoms with Crippen LogP contribution in [-0.4, -0.2) is 30.3 Å². The molecule has 0 aliphatic rings. The Hall–Kier alpha value is -0.610. The predicted octanol–water partition coefficient (Wildman–Crippen LogP) is 2.75. The highest BCUT2D eigenvalue weighted by Crippen LogP contribution is 2.19. The average Bonchev–Trinajstić information content (AvgIpc) is 2.24. The number of halogens is 1. The number of nitrogens with zero attached hydrogens (tertiary/aromatic N) is 2. The monoisotopic (exact) mass is 286 g/mol. The topological polar surface area (TPSA) is 36.4 Å². The van der Waals surface area contributed by atoms with Crippen molar-refractivity contribution in [2.75, 3.05) is 25.1 Å². The van der Waals surface area contributed by atoms with E-state index in [0.29, 0.717) is 6.61 Å². The zero-order chi connectivity index (χ0) is 12.0. The number of aromatic nitrogens is 1. The van der Waals surface area contributed by atoms with Crippen LogP contribution in [0.2, 0.25) is 0 Å². The molecular weight excluding hydrogens is 268 g/mol. The van der Waals surface area contributed by atoms with Gasteiger partial charge in [-0.2, -0.15) is 0 Å². The Kier molecular flexibility index (Phi) is 5.77. The van der Waals surface area contributed by atoms with Crippen molar-refractivity contribution in [3.63, 3.8) is 0 Å². The van der Waals surface area contributed by atoms with Crippen LogP contribution in [-0.2, 0) is 0 Å². The van der Waals surface area contributed by atoms with E-state index in [1.54, 1.807) is 0 Å². The molecule has 16 heavy (non-hydrogen) atoms. The first-order valence-corrected chi connectivity index (χ1v) is 6.38. The smallest absolute Gasteiger partial charge is 0.131 e. The molecule has 0 aliphatic heterocycles. The Morgan fingerprint density at radius 3 is 2.75 bits per heavy atom. The molecule has 0 aromatic carbocycles. The molecule has 0 aliphatic carbocycles. The molecule has 1 aromatic rings. The minimum absolute atomic E-state index is 0.291. The van der Waals surface area contributed by atoms with Gasteiger partial charge in [0.05, 0.1) is 0 Å². The number of aliphatic hydroxyl groups excluding tert-OH is 1. The van der Waals surface area contributed by atoms with Crippen LogP contribution in [0.15, 0.2) is 16.7 Å². The van der Waals surface area contributed by atoms with Gasteiger partial charge in [0.2, 0.25) is 0 Å². The third-order valence-corrected chi connectivity index (χ3v) is 2.96. The number of hydrogen-bond acceptors (Lipinski definition) is 3. The van der Waals surface area contributed by atoms with Crippen molar-refractivity contribution < 1.29 is 5.11 Å². The number of unbranched alkanes of at least 4 members (excludes halogenated alkanes) is 2. The standard InChI is InChI=1S/C12H19BrN2O/c1-10-8-11(13)9-14-12(10)15(2)6-4-3-5-7-16/h8-9,16H,3-7H2,1-2H3. The third-order valence-electron chi connectivity index (χ3n) is 2.53. The summed E-state index contributed by atoms with van der Waals surface area (Å²) in [7, 11) is 2.06. The van der Waals surface area contributed by atoms with E-state index in [4.69, 9.17) is 5.11 Å². The lowest BCUT2D eigenvalue weighted by Gasteiger charge is -2.20. The maximum Gasteiger partial charge on any atom is 0.131 e. The second-order valence-electron chi connectivity index (χ2n) is 4.00. The van der Waals surface area contributed by atoms with E-state index >= 15 is 0 Å². The molecule has 1 rings (SSSR count). The van der Waals surface area contributed by atoms with Gasteiger partial charge in [0, 0.05) is 30.9 Å². The fraction of sp³-hybridized carbons (Fsp3) is 0.583. The minimum atomic E-state index is 0.291. The molecule has 0 unspecified atom stereocenters. The van der Waals surface area contributed by atoms with Gasteiger partial charge in [0.25, 0.3) is 0 Å². The molecular formula is C12H19BrN2O. The highest BCUT2D eigenvalue weighted by molar-refractivity contribution is 9.10. The van der Waals surface area contributed by atoms with Crippen LogP contribution in [0.5, 0.6) is 0 Å². The Bertz CT molecular complexity index is 331. The van der Waals surface area contributed by atoms with Gasteiger partial charge >= 0.3 is 0 Å². The van der Waals surface area contributed by atoms with Crippen LogP contribution < -0.4 is 4.90 Å². The lowest BCUT2D eigenvalue weighted by molar-refractivity contribution is 0.283. The summed E-state index contributed by atoms with van der Waals surface area (Å²) in [5.74, 6) is 1.03. The molecule has 0 spiro atoms. The molecule has 0 radical (unpaired) electrons. The van der Waals surface area contributed by atoms with Gasteiger partial charge in [-0.3, -0.25) is 0 Å². The molecule has 0 bridgehead atoms. The van der Waals surface area contributed by atoms with E-state index in [1.807, 2.05) is 6.20 Å². The van der Waals surface area contributed by atoms with Gasteiger partial charge in [-0.1, -0.05) is 0 Å². The van der Waals surface area contributed by atoms with Crippen LogP contribution >= 0.6 is 15.9 Å². The highest BCUT2D eigenvalue weighted by atomic mass is 79.9. The van der Waals surface area contributed by atoms with Gasteiger partial charge in [0.1, 0.15) is 5.82 Å². The summed E-state index contributed by atoms with van der Waals surface area (Å²) in [6.45, 7) is 3.34. The molecule has 1 heterocycles. The van der Waals surface area contributed by atoms with E-state index in [9.17, 15) is 0 Å². The Balaban J connectivity index is 2.49. The van der Waals surface area contributed by atoms with Crippen LogP contribution in [0.3, 0.4) is 0 Å². The van der Waals surface area contributed by atoms with Gasteiger partial charge in [-0.05, 0) is 53.7 Å². The number of hydrogen-bond donors (Lipinski definition) is 1. The van der Waals surface area contributed by atoms with E-state index < -0.39 is 0 Å². The van der Waals surface area contributed by atoms with E-state index in [2.05, 4.69) is 45.9 Å². The summed E-state index contributed by atoms with van der Waals surface area (Å²) in [4.78, 5) is 6.57. The summed E-state index contributed by atoms with van der Waals surface area (Å²) in [5, 5.41) is 8.69. The van der Waals surface area contributed by atoms with Gasteiger partial charge < -0.3 is 10.0 Å². The van der Waals surface area contributed by atoms with Crippen LogP contribution in [0, 0.1) is 6.92 Å². The van der Waals surface area contributed by atoms with Crippen molar-refractivity contribution in [3.8, 4) is 0 Å². The largest absolute Gasteiger partial charge is 0.396 e. The van der Waals surface area contributed by atoms with Gasteiger partial charge in [-0.25, -0.2) is 4.98 Å². The quantitative estimate of drug-likeness (QED) is 0.817. The molecule has 0 amide bonds. The second-order valence-corrected chi connectivity index (χ2v) is 4.92. The van der Waals surface area contributed by atoms with Gasteiger partial charge in [0.15, 0.2) is 0 Å². The minimum Gasteiger partial charge on any atom is -0.396 e. The summed E-state index contributed by atoms with van der Waals surface area (Å²) < 4.78 is 1.02. The summed E-state index contributed by atoms with van der Waals surface area (Å²) in [5.41, 5.74) is 1.18. The third kappa shape index (κ3) is 4.10. The number of anilines is 1. The molecule has 0 fully saturated rings. The summed E-state index contributed by atoms with van der Waals surface area (Å²) >= 11 is 3.41. The fourth-order valence-electron chi connectivity index (χ4n) is 1.68. The van der Waals surface area contributed by atoms with E-state index in [0.717, 1.165) is 36.1 Å². The Labute approximate surface area is 106 Å². The van der Waals surface area contributed by atoms with Crippen molar-refractivity contribution in [1.29, 1.82) is 0 Å². The number of aliphatic hydroxyl groups is 1. The first kappa shape index (κ1) is 13.5. The normalized spacial score (nSPS) is 10.5. The number of aryl methyl sites for hydroxylation is 1. The van der Waals surface area contributed by atoms with Gasteiger partial charge in [-0.15, -0.1) is 0 Å². The zero-order valence-electron chi connectivity index (χ0n) is 9.91. The maximum absolute atomic E-state index is 8.69. The predicted molar refractivity (Wildman–Crippen MR) is 70.9 cm³/mol. The second kappa shape index (κ2) is 6.86. The molecule has 0 atom stereocenters. The number of rotatable bonds is 6. The van der Waals surface area contributed by atoms with Crippen molar-refractivity contribution in [2.24, 2.45) is 0 Å². The maximum atomic E-state index is 8.69. The molecule has 4 heteroatoms. The van der Waals surface area contributed by atoms with Crippen molar-refractivity contribution in [2.45, 2.75) is 26.2 Å². The Morgan fingerprint density at radius 2 is 2.12 bits per heavy atom. The van der Waals surface area contributed by atoms with E-state index in [1.165, 1.54) is 5.56 Å². The SMILES string of the molecule is Cc1cc(Br)cnc1N(C)CCCCCO. The Morgan fingerprint density at radius 1 is 1.38 bits per heavy atom. The van der Waals surface area contributed by atoms with Crippen molar-refractivity contribution in [1.82, 2.24) is 4.98 Å². The van der Waals surface area contributed by atoms with Crippen LogP contribution in [0.25, 0.3) is 0 Å². The first-order chi connectivity index (χ1) is 7.65. The first-order valence-electron chi connectivity index (χ1n) is 5.59. The van der Waals surface area contributed by atoms with E-state index in [-0.39, 0.29) is 0 Å². The highest BCUT2D eigenvalue weighted by Gasteiger charge is 2.05. The van der Waals surface area contributed by atoms with Crippen molar-refractivity contribution >= 4 is 21.7 Å². The van der Waals surface area contributed by atoms with Crippen molar-refractivity contribution in [3.05, 3.63) is 22.3 Å².